The minimum absolute atomic E-state index is 0.230. The van der Waals surface area contributed by atoms with Gasteiger partial charge in [-0.15, -0.1) is 0 Å². The Hall–Kier alpha value is -2.50. The van der Waals surface area contributed by atoms with Crippen molar-refractivity contribution in [3.63, 3.8) is 0 Å². The third-order valence-electron chi connectivity index (χ3n) is 3.59. The van der Waals surface area contributed by atoms with E-state index in [4.69, 9.17) is 0 Å². The average Bonchev–Trinajstić information content (AvgIpc) is 2.53. The van der Waals surface area contributed by atoms with E-state index in [9.17, 15) is 18.0 Å². The fourth-order valence-electron chi connectivity index (χ4n) is 2.18. The number of rotatable bonds is 5. The molecule has 24 heavy (non-hydrogen) atoms. The highest BCUT2D eigenvalue weighted by atomic mass is 19.4. The average molecular weight is 336 g/mol. The molecule has 1 N–H and O–H groups in total. The Kier molecular flexibility index (Phi) is 5.49. The second-order valence-electron chi connectivity index (χ2n) is 5.68. The molecule has 0 heterocycles. The SMILES string of the molecule is CN(C)c1ccc(CCC(=O)Nc2ccc(C(F)(F)F)cc2)cc1. The fourth-order valence-corrected chi connectivity index (χ4v) is 2.18. The number of amides is 1. The number of benzene rings is 2. The molecule has 6 heteroatoms. The maximum absolute atomic E-state index is 12.5. The molecule has 2 rings (SSSR count). The Bertz CT molecular complexity index is 677. The summed E-state index contributed by atoms with van der Waals surface area (Å²) in [6, 6.07) is 12.3. The van der Waals surface area contributed by atoms with Crippen molar-refractivity contribution < 1.29 is 18.0 Å². The Balaban J connectivity index is 1.87. The van der Waals surface area contributed by atoms with E-state index < -0.39 is 11.7 Å². The van der Waals surface area contributed by atoms with Gasteiger partial charge in [-0.05, 0) is 48.4 Å². The number of aryl methyl sites for hydroxylation is 1. The zero-order valence-electron chi connectivity index (χ0n) is 13.5. The molecule has 0 aliphatic carbocycles. The predicted octanol–water partition coefficient (Wildman–Crippen LogP) is 4.34. The molecule has 0 fully saturated rings. The molecule has 128 valence electrons. The van der Waals surface area contributed by atoms with Crippen molar-refractivity contribution in [2.75, 3.05) is 24.3 Å². The highest BCUT2D eigenvalue weighted by molar-refractivity contribution is 5.90. The van der Waals surface area contributed by atoms with Crippen LogP contribution in [0.2, 0.25) is 0 Å². The minimum Gasteiger partial charge on any atom is -0.378 e. The van der Waals surface area contributed by atoms with Gasteiger partial charge in [-0.25, -0.2) is 0 Å². The molecular formula is C18H19F3N2O. The molecule has 0 unspecified atom stereocenters. The van der Waals surface area contributed by atoms with Crippen LogP contribution in [0.5, 0.6) is 0 Å². The first kappa shape index (κ1) is 17.8. The fraction of sp³-hybridized carbons (Fsp3) is 0.278. The van der Waals surface area contributed by atoms with Crippen LogP contribution < -0.4 is 10.2 Å². The van der Waals surface area contributed by atoms with Crippen LogP contribution in [0.4, 0.5) is 24.5 Å². The molecule has 2 aromatic carbocycles. The second-order valence-corrected chi connectivity index (χ2v) is 5.68. The summed E-state index contributed by atoms with van der Waals surface area (Å²) in [6.07, 6.45) is -3.54. The monoisotopic (exact) mass is 336 g/mol. The molecule has 3 nitrogen and oxygen atoms in total. The Morgan fingerprint density at radius 1 is 1.00 bits per heavy atom. The van der Waals surface area contributed by atoms with E-state index >= 15 is 0 Å². The van der Waals surface area contributed by atoms with Gasteiger partial charge >= 0.3 is 6.18 Å². The van der Waals surface area contributed by atoms with Crippen LogP contribution in [0.15, 0.2) is 48.5 Å². The first-order chi connectivity index (χ1) is 11.3. The summed E-state index contributed by atoms with van der Waals surface area (Å²) in [4.78, 5) is 13.9. The third-order valence-corrected chi connectivity index (χ3v) is 3.59. The number of alkyl halides is 3. The van der Waals surface area contributed by atoms with Gasteiger partial charge in [0.05, 0.1) is 5.56 Å². The van der Waals surface area contributed by atoms with Crippen LogP contribution in [0.1, 0.15) is 17.5 Å². The number of hydrogen-bond donors (Lipinski definition) is 1. The predicted molar refractivity (Wildman–Crippen MR) is 89.2 cm³/mol. The second kappa shape index (κ2) is 7.38. The zero-order chi connectivity index (χ0) is 17.7. The van der Waals surface area contributed by atoms with Crippen molar-refractivity contribution in [2.45, 2.75) is 19.0 Å². The normalized spacial score (nSPS) is 11.2. The number of halogens is 3. The Labute approximate surface area is 139 Å². The number of anilines is 2. The van der Waals surface area contributed by atoms with Crippen molar-refractivity contribution in [1.82, 2.24) is 0 Å². The molecule has 0 aromatic heterocycles. The van der Waals surface area contributed by atoms with Gasteiger partial charge in [-0.3, -0.25) is 4.79 Å². The maximum Gasteiger partial charge on any atom is 0.416 e. The first-order valence-electron chi connectivity index (χ1n) is 7.49. The summed E-state index contributed by atoms with van der Waals surface area (Å²) < 4.78 is 37.4. The van der Waals surface area contributed by atoms with Crippen LogP contribution in [0.25, 0.3) is 0 Å². The van der Waals surface area contributed by atoms with Crippen molar-refractivity contribution in [1.29, 1.82) is 0 Å². The smallest absolute Gasteiger partial charge is 0.378 e. The Morgan fingerprint density at radius 2 is 1.58 bits per heavy atom. The lowest BCUT2D eigenvalue weighted by molar-refractivity contribution is -0.137. The largest absolute Gasteiger partial charge is 0.416 e. The summed E-state index contributed by atoms with van der Waals surface area (Å²) in [5, 5.41) is 2.61. The number of hydrogen-bond acceptors (Lipinski definition) is 2. The topological polar surface area (TPSA) is 32.3 Å². The summed E-state index contributed by atoms with van der Waals surface area (Å²) >= 11 is 0. The van der Waals surface area contributed by atoms with Crippen LogP contribution in [-0.4, -0.2) is 20.0 Å². The van der Waals surface area contributed by atoms with E-state index in [0.29, 0.717) is 12.1 Å². The quantitative estimate of drug-likeness (QED) is 0.881. The van der Waals surface area contributed by atoms with Crippen LogP contribution in [0, 0.1) is 0 Å². The minimum atomic E-state index is -4.37. The van der Waals surface area contributed by atoms with Crippen LogP contribution in [-0.2, 0) is 17.4 Å². The number of nitrogens with one attached hydrogen (secondary N) is 1. The van der Waals surface area contributed by atoms with Gasteiger partial charge in [0.25, 0.3) is 0 Å². The van der Waals surface area contributed by atoms with Gasteiger partial charge in [0.15, 0.2) is 0 Å². The summed E-state index contributed by atoms with van der Waals surface area (Å²) in [6.45, 7) is 0. The standard InChI is InChI=1S/C18H19F3N2O/c1-23(2)16-10-3-13(4-11-16)5-12-17(24)22-15-8-6-14(7-9-15)18(19,20)21/h3-4,6-11H,5,12H2,1-2H3,(H,22,24). The lowest BCUT2D eigenvalue weighted by Crippen LogP contribution is -2.13. The first-order valence-corrected chi connectivity index (χ1v) is 7.49. The summed E-state index contributed by atoms with van der Waals surface area (Å²) in [7, 11) is 3.90. The number of carbonyl (C=O) groups is 1. The lowest BCUT2D eigenvalue weighted by Gasteiger charge is -2.12. The zero-order valence-corrected chi connectivity index (χ0v) is 13.5. The molecule has 0 spiro atoms. The van der Waals surface area contributed by atoms with Gasteiger partial charge in [0.2, 0.25) is 5.91 Å². The van der Waals surface area contributed by atoms with Gasteiger partial charge in [-0.2, -0.15) is 13.2 Å². The van der Waals surface area contributed by atoms with E-state index in [-0.39, 0.29) is 12.3 Å². The lowest BCUT2D eigenvalue weighted by atomic mass is 10.1. The molecular weight excluding hydrogens is 317 g/mol. The van der Waals surface area contributed by atoms with E-state index in [0.717, 1.165) is 23.4 Å². The van der Waals surface area contributed by atoms with Gasteiger partial charge in [0.1, 0.15) is 0 Å². The molecule has 0 atom stereocenters. The molecule has 0 aliphatic heterocycles. The molecule has 1 amide bonds. The summed E-state index contributed by atoms with van der Waals surface area (Å²) in [5.41, 5.74) is 1.73. The Morgan fingerprint density at radius 3 is 2.08 bits per heavy atom. The van der Waals surface area contributed by atoms with Gasteiger partial charge < -0.3 is 10.2 Å². The van der Waals surface area contributed by atoms with E-state index in [1.807, 2.05) is 43.3 Å². The van der Waals surface area contributed by atoms with Crippen LogP contribution >= 0.6 is 0 Å². The molecule has 0 saturated heterocycles. The van der Waals surface area contributed by atoms with Gasteiger partial charge in [-0.1, -0.05) is 12.1 Å². The number of nitrogens with zero attached hydrogens (tertiary/aromatic N) is 1. The van der Waals surface area contributed by atoms with Crippen molar-refractivity contribution in [3.05, 3.63) is 59.7 Å². The summed E-state index contributed by atoms with van der Waals surface area (Å²) in [5.74, 6) is -0.230. The van der Waals surface area contributed by atoms with E-state index in [2.05, 4.69) is 5.32 Å². The van der Waals surface area contributed by atoms with E-state index in [1.54, 1.807) is 0 Å². The highest BCUT2D eigenvalue weighted by Crippen LogP contribution is 2.29. The highest BCUT2D eigenvalue weighted by Gasteiger charge is 2.29. The third kappa shape index (κ3) is 5.01. The van der Waals surface area contributed by atoms with Crippen molar-refractivity contribution in [3.8, 4) is 0 Å². The van der Waals surface area contributed by atoms with Crippen molar-refractivity contribution in [2.24, 2.45) is 0 Å². The molecule has 2 aromatic rings. The van der Waals surface area contributed by atoms with Gasteiger partial charge in [0, 0.05) is 31.9 Å². The van der Waals surface area contributed by atoms with E-state index in [1.165, 1.54) is 12.1 Å². The maximum atomic E-state index is 12.5. The molecule has 0 radical (unpaired) electrons. The number of carbonyl (C=O) groups excluding carboxylic acids is 1. The molecule has 0 saturated carbocycles. The molecule has 0 bridgehead atoms. The van der Waals surface area contributed by atoms with Crippen LogP contribution in [0.3, 0.4) is 0 Å². The molecule has 0 aliphatic rings. The van der Waals surface area contributed by atoms with Crippen molar-refractivity contribution >= 4 is 17.3 Å².